The van der Waals surface area contributed by atoms with Crippen molar-refractivity contribution in [1.82, 2.24) is 5.32 Å². The van der Waals surface area contributed by atoms with Gasteiger partial charge in [0, 0.05) is 19.2 Å². The van der Waals surface area contributed by atoms with Gasteiger partial charge in [-0.1, -0.05) is 0 Å². The molecule has 2 aliphatic rings. The second-order valence-corrected chi connectivity index (χ2v) is 5.26. The molecule has 0 heterocycles. The van der Waals surface area contributed by atoms with E-state index >= 15 is 0 Å². The fraction of sp³-hybridized carbons (Fsp3) is 1.00. The number of nitrogens with two attached hydrogens (primary N) is 1. The van der Waals surface area contributed by atoms with E-state index < -0.39 is 0 Å². The van der Waals surface area contributed by atoms with E-state index in [0.717, 1.165) is 25.4 Å². The molecule has 0 aromatic heterocycles. The van der Waals surface area contributed by atoms with Crippen LogP contribution in [0.2, 0.25) is 0 Å². The molecule has 3 N–H and O–H groups in total. The molecule has 0 aromatic rings. The first-order valence-electron chi connectivity index (χ1n) is 6.26. The van der Waals surface area contributed by atoms with Crippen molar-refractivity contribution >= 4 is 0 Å². The highest BCUT2D eigenvalue weighted by Crippen LogP contribution is 2.32. The van der Waals surface area contributed by atoms with Gasteiger partial charge in [0.1, 0.15) is 0 Å². The lowest BCUT2D eigenvalue weighted by Gasteiger charge is -2.40. The summed E-state index contributed by atoms with van der Waals surface area (Å²) in [5.41, 5.74) is 6.11. The highest BCUT2D eigenvalue weighted by Gasteiger charge is 2.36. The molecule has 0 aliphatic heterocycles. The lowest BCUT2D eigenvalue weighted by atomic mass is 9.80. The summed E-state index contributed by atoms with van der Waals surface area (Å²) in [6, 6.07) is 0. The minimum atomic E-state index is 0.168. The Morgan fingerprint density at radius 2 is 2.20 bits per heavy atom. The molecule has 0 bridgehead atoms. The summed E-state index contributed by atoms with van der Waals surface area (Å²) in [6.45, 7) is 1.91. The van der Waals surface area contributed by atoms with E-state index in [1.807, 2.05) is 7.11 Å². The first-order chi connectivity index (χ1) is 7.28. The normalized spacial score (nSPS) is 36.8. The van der Waals surface area contributed by atoms with Gasteiger partial charge in [-0.3, -0.25) is 0 Å². The van der Waals surface area contributed by atoms with Crippen molar-refractivity contribution in [1.29, 1.82) is 0 Å². The summed E-state index contributed by atoms with van der Waals surface area (Å²) in [6.07, 6.45) is 7.97. The van der Waals surface area contributed by atoms with Gasteiger partial charge in [-0.2, -0.15) is 0 Å². The van der Waals surface area contributed by atoms with Gasteiger partial charge in [0.2, 0.25) is 0 Å². The van der Waals surface area contributed by atoms with Crippen LogP contribution >= 0.6 is 0 Å². The van der Waals surface area contributed by atoms with Gasteiger partial charge in [0.05, 0.1) is 6.10 Å². The fourth-order valence-electron chi connectivity index (χ4n) is 2.61. The highest BCUT2D eigenvalue weighted by molar-refractivity contribution is 4.96. The van der Waals surface area contributed by atoms with Crippen molar-refractivity contribution in [3.05, 3.63) is 0 Å². The number of nitrogens with one attached hydrogen (secondary N) is 1. The predicted molar refractivity (Wildman–Crippen MR) is 61.8 cm³/mol. The largest absolute Gasteiger partial charge is 0.381 e. The van der Waals surface area contributed by atoms with Crippen LogP contribution < -0.4 is 11.1 Å². The van der Waals surface area contributed by atoms with E-state index in [-0.39, 0.29) is 5.54 Å². The maximum atomic E-state index is 5.94. The second kappa shape index (κ2) is 4.81. The monoisotopic (exact) mass is 212 g/mol. The third-order valence-corrected chi connectivity index (χ3v) is 3.99. The van der Waals surface area contributed by atoms with Crippen LogP contribution in [-0.4, -0.2) is 31.8 Å². The molecule has 2 rings (SSSR count). The average Bonchev–Trinajstić information content (AvgIpc) is 3.10. The molecule has 3 nitrogen and oxygen atoms in total. The van der Waals surface area contributed by atoms with Crippen molar-refractivity contribution in [3.8, 4) is 0 Å². The van der Waals surface area contributed by atoms with Crippen molar-refractivity contribution in [2.75, 3.05) is 20.2 Å². The summed E-state index contributed by atoms with van der Waals surface area (Å²) in [5, 5.41) is 3.71. The van der Waals surface area contributed by atoms with Crippen LogP contribution in [0.3, 0.4) is 0 Å². The molecule has 88 valence electrons. The molecule has 0 saturated heterocycles. The maximum Gasteiger partial charge on any atom is 0.0589 e. The Labute approximate surface area is 92.7 Å². The molecule has 2 fully saturated rings. The first kappa shape index (κ1) is 11.4. The molecule has 3 heteroatoms. The highest BCUT2D eigenvalue weighted by atomic mass is 16.5. The average molecular weight is 212 g/mol. The Morgan fingerprint density at radius 3 is 2.80 bits per heavy atom. The molecule has 2 saturated carbocycles. The molecule has 0 radical (unpaired) electrons. The zero-order chi connectivity index (χ0) is 10.7. The Kier molecular flexibility index (Phi) is 3.65. The number of methoxy groups -OCH3 is 1. The number of rotatable bonds is 5. The van der Waals surface area contributed by atoms with E-state index in [4.69, 9.17) is 10.5 Å². The van der Waals surface area contributed by atoms with Gasteiger partial charge in [0.15, 0.2) is 0 Å². The molecule has 0 amide bonds. The van der Waals surface area contributed by atoms with Gasteiger partial charge in [-0.15, -0.1) is 0 Å². The van der Waals surface area contributed by atoms with Crippen LogP contribution in [0.15, 0.2) is 0 Å². The van der Waals surface area contributed by atoms with Gasteiger partial charge in [-0.05, 0) is 51.0 Å². The van der Waals surface area contributed by atoms with Crippen molar-refractivity contribution in [2.24, 2.45) is 11.7 Å². The predicted octanol–water partition coefficient (Wildman–Crippen LogP) is 1.27. The fourth-order valence-corrected chi connectivity index (χ4v) is 2.61. The minimum Gasteiger partial charge on any atom is -0.381 e. The Balaban J connectivity index is 1.86. The number of hydrogen-bond donors (Lipinski definition) is 2. The van der Waals surface area contributed by atoms with E-state index in [1.165, 1.54) is 32.1 Å². The minimum absolute atomic E-state index is 0.168. The molecule has 2 unspecified atom stereocenters. The molecule has 15 heavy (non-hydrogen) atoms. The summed E-state index contributed by atoms with van der Waals surface area (Å²) < 4.78 is 5.48. The summed E-state index contributed by atoms with van der Waals surface area (Å²) >= 11 is 0. The van der Waals surface area contributed by atoms with E-state index in [0.29, 0.717) is 6.10 Å². The maximum absolute atomic E-state index is 5.94. The van der Waals surface area contributed by atoms with Crippen LogP contribution in [0.1, 0.15) is 38.5 Å². The SMILES string of the molecule is COC1CCCC(CN)(NCC2CC2)C1. The molecule has 0 spiro atoms. The zero-order valence-electron chi connectivity index (χ0n) is 9.80. The van der Waals surface area contributed by atoms with E-state index in [2.05, 4.69) is 5.32 Å². The molecule has 2 atom stereocenters. The topological polar surface area (TPSA) is 47.3 Å². The van der Waals surface area contributed by atoms with Gasteiger partial charge in [-0.25, -0.2) is 0 Å². The Bertz CT molecular complexity index is 206. The van der Waals surface area contributed by atoms with Crippen molar-refractivity contribution in [2.45, 2.75) is 50.2 Å². The first-order valence-corrected chi connectivity index (χ1v) is 6.26. The van der Waals surface area contributed by atoms with Crippen molar-refractivity contribution < 1.29 is 4.74 Å². The van der Waals surface area contributed by atoms with Gasteiger partial charge in [0.25, 0.3) is 0 Å². The number of ether oxygens (including phenoxy) is 1. The Morgan fingerprint density at radius 1 is 1.40 bits per heavy atom. The summed E-state index contributed by atoms with van der Waals surface area (Å²) in [7, 11) is 1.82. The third-order valence-electron chi connectivity index (χ3n) is 3.99. The number of hydrogen-bond acceptors (Lipinski definition) is 3. The van der Waals surface area contributed by atoms with E-state index in [9.17, 15) is 0 Å². The van der Waals surface area contributed by atoms with Crippen molar-refractivity contribution in [3.63, 3.8) is 0 Å². The van der Waals surface area contributed by atoms with Crippen LogP contribution in [0, 0.1) is 5.92 Å². The summed E-state index contributed by atoms with van der Waals surface area (Å²) in [4.78, 5) is 0. The standard InChI is InChI=1S/C12H24N2O/c1-15-11-3-2-6-12(7-11,9-13)14-8-10-4-5-10/h10-11,14H,2-9,13H2,1H3. The molecular weight excluding hydrogens is 188 g/mol. The molecular formula is C12H24N2O. The molecule has 0 aromatic carbocycles. The zero-order valence-corrected chi connectivity index (χ0v) is 9.80. The lowest BCUT2D eigenvalue weighted by Crippen LogP contribution is -2.55. The quantitative estimate of drug-likeness (QED) is 0.721. The van der Waals surface area contributed by atoms with Crippen LogP contribution in [0.4, 0.5) is 0 Å². The summed E-state index contributed by atoms with van der Waals surface area (Å²) in [5.74, 6) is 0.927. The van der Waals surface area contributed by atoms with Crippen LogP contribution in [0.5, 0.6) is 0 Å². The van der Waals surface area contributed by atoms with Crippen LogP contribution in [-0.2, 0) is 4.74 Å². The van der Waals surface area contributed by atoms with Gasteiger partial charge < -0.3 is 15.8 Å². The van der Waals surface area contributed by atoms with Crippen LogP contribution in [0.25, 0.3) is 0 Å². The van der Waals surface area contributed by atoms with E-state index in [1.54, 1.807) is 0 Å². The third kappa shape index (κ3) is 2.92. The lowest BCUT2D eigenvalue weighted by molar-refractivity contribution is 0.0326. The van der Waals surface area contributed by atoms with Gasteiger partial charge >= 0.3 is 0 Å². The smallest absolute Gasteiger partial charge is 0.0589 e. The Hall–Kier alpha value is -0.120. The molecule has 2 aliphatic carbocycles. The second-order valence-electron chi connectivity index (χ2n) is 5.26.